The van der Waals surface area contributed by atoms with E-state index < -0.39 is 16.4 Å². The number of aromatic amines is 1. The number of anilines is 1. The molecule has 0 amide bonds. The van der Waals surface area contributed by atoms with Gasteiger partial charge in [-0.1, -0.05) is 11.6 Å². The van der Waals surface area contributed by atoms with Crippen molar-refractivity contribution in [1.29, 1.82) is 0 Å². The van der Waals surface area contributed by atoms with Crippen LogP contribution >= 0.6 is 11.6 Å². The third-order valence-electron chi connectivity index (χ3n) is 2.67. The number of aryl methyl sites for hydroxylation is 1. The van der Waals surface area contributed by atoms with Crippen molar-refractivity contribution in [3.05, 3.63) is 45.3 Å². The van der Waals surface area contributed by atoms with Gasteiger partial charge >= 0.3 is 0 Å². The van der Waals surface area contributed by atoms with Gasteiger partial charge in [0.25, 0.3) is 5.56 Å². The highest BCUT2D eigenvalue weighted by molar-refractivity contribution is 7.85. The minimum absolute atomic E-state index is 0.165. The number of halogens is 1. The minimum atomic E-state index is -1.58. The molecule has 1 unspecified atom stereocenters. The molecule has 1 N–H and O–H groups in total. The number of H-pyrrole nitrogens is 1. The average molecular weight is 312 g/mol. The van der Waals surface area contributed by atoms with E-state index in [0.717, 1.165) is 0 Å². The zero-order valence-electron chi connectivity index (χ0n) is 11.3. The van der Waals surface area contributed by atoms with Crippen molar-refractivity contribution in [3.8, 4) is 0 Å². The monoisotopic (exact) mass is 311 g/mol. The third kappa shape index (κ3) is 2.91. The topological polar surface area (TPSA) is 66.1 Å². The number of aromatic nitrogens is 2. The first-order valence-corrected chi connectivity index (χ1v) is 7.38. The Labute approximate surface area is 124 Å². The molecule has 0 aliphatic heterocycles. The molecular weight excluding hydrogens is 298 g/mol. The van der Waals surface area contributed by atoms with E-state index in [4.69, 9.17) is 11.6 Å². The summed E-state index contributed by atoms with van der Waals surface area (Å²) >= 11 is 5.80. The summed E-state index contributed by atoms with van der Waals surface area (Å²) < 4.78 is 12.5. The normalized spacial score (nSPS) is 12.2. The van der Waals surface area contributed by atoms with Gasteiger partial charge < -0.3 is 4.90 Å². The Morgan fingerprint density at radius 2 is 1.85 bits per heavy atom. The quantitative estimate of drug-likeness (QED) is 0.941. The van der Waals surface area contributed by atoms with Gasteiger partial charge in [0.05, 0.1) is 16.5 Å². The van der Waals surface area contributed by atoms with Crippen molar-refractivity contribution in [3.63, 3.8) is 0 Å². The van der Waals surface area contributed by atoms with Crippen molar-refractivity contribution in [2.45, 2.75) is 16.7 Å². The second-order valence-electron chi connectivity index (χ2n) is 4.42. The summed E-state index contributed by atoms with van der Waals surface area (Å²) in [6.07, 6.45) is 0. The molecule has 0 spiro atoms. The Morgan fingerprint density at radius 1 is 1.25 bits per heavy atom. The summed E-state index contributed by atoms with van der Waals surface area (Å²) in [5, 5.41) is 0.553. The van der Waals surface area contributed by atoms with Gasteiger partial charge in [-0.05, 0) is 31.2 Å². The van der Waals surface area contributed by atoms with Crippen LogP contribution in [0.5, 0.6) is 0 Å². The van der Waals surface area contributed by atoms with Gasteiger partial charge in [0.2, 0.25) is 5.95 Å². The smallest absolute Gasteiger partial charge is 0.269 e. The number of rotatable bonds is 3. The van der Waals surface area contributed by atoms with E-state index in [2.05, 4.69) is 9.97 Å². The first-order chi connectivity index (χ1) is 9.40. The fourth-order valence-electron chi connectivity index (χ4n) is 1.67. The molecule has 0 fully saturated rings. The number of benzene rings is 1. The Hall–Kier alpha value is -1.66. The largest absolute Gasteiger partial charge is 0.348 e. The van der Waals surface area contributed by atoms with E-state index in [1.54, 1.807) is 50.2 Å². The van der Waals surface area contributed by atoms with Crippen LogP contribution < -0.4 is 10.5 Å². The Balaban J connectivity index is 2.50. The molecule has 0 radical (unpaired) electrons. The van der Waals surface area contributed by atoms with Crippen LogP contribution in [-0.4, -0.2) is 28.3 Å². The highest BCUT2D eigenvalue weighted by Gasteiger charge is 2.17. The maximum atomic E-state index is 12.5. The highest BCUT2D eigenvalue weighted by atomic mass is 35.5. The Kier molecular flexibility index (Phi) is 4.25. The molecule has 20 heavy (non-hydrogen) atoms. The standard InChI is InChI=1S/C13H14ClN3O2S/c1-8-11(12(18)16-13(15-8)17(2)3)20(19)10-6-4-9(14)5-7-10/h4-7H,1-3H3,(H,15,16,18). The van der Waals surface area contributed by atoms with Gasteiger partial charge in [-0.25, -0.2) is 9.19 Å². The lowest BCUT2D eigenvalue weighted by molar-refractivity contribution is 0.680. The molecule has 1 atom stereocenters. The Morgan fingerprint density at radius 3 is 2.35 bits per heavy atom. The van der Waals surface area contributed by atoms with Crippen LogP contribution in [0.2, 0.25) is 5.02 Å². The van der Waals surface area contributed by atoms with E-state index in [0.29, 0.717) is 21.6 Å². The maximum Gasteiger partial charge on any atom is 0.269 e. The molecule has 0 saturated heterocycles. The number of nitrogens with zero attached hydrogens (tertiary/aromatic N) is 2. The van der Waals surface area contributed by atoms with Crippen LogP contribution in [0.1, 0.15) is 5.69 Å². The highest BCUT2D eigenvalue weighted by Crippen LogP contribution is 2.18. The molecule has 1 aromatic carbocycles. The van der Waals surface area contributed by atoms with E-state index in [9.17, 15) is 9.00 Å². The summed E-state index contributed by atoms with van der Waals surface area (Å²) in [4.78, 5) is 21.3. The van der Waals surface area contributed by atoms with Crippen molar-refractivity contribution in [2.75, 3.05) is 19.0 Å². The van der Waals surface area contributed by atoms with E-state index in [-0.39, 0.29) is 4.90 Å². The molecule has 0 saturated carbocycles. The molecule has 7 heteroatoms. The summed E-state index contributed by atoms with van der Waals surface area (Å²) in [6.45, 7) is 1.67. The summed E-state index contributed by atoms with van der Waals surface area (Å²) in [6, 6.07) is 6.55. The molecule has 0 aliphatic rings. The number of hydrogen-bond acceptors (Lipinski definition) is 4. The molecular formula is C13H14ClN3O2S. The van der Waals surface area contributed by atoms with E-state index in [1.807, 2.05) is 0 Å². The van der Waals surface area contributed by atoms with Gasteiger partial charge in [-0.15, -0.1) is 0 Å². The molecule has 1 heterocycles. The Bertz CT molecular complexity index is 711. The molecule has 5 nitrogen and oxygen atoms in total. The first-order valence-electron chi connectivity index (χ1n) is 5.85. The predicted molar refractivity (Wildman–Crippen MR) is 80.0 cm³/mol. The maximum absolute atomic E-state index is 12.5. The van der Waals surface area contributed by atoms with Gasteiger partial charge in [0.1, 0.15) is 4.90 Å². The lowest BCUT2D eigenvalue weighted by atomic mass is 10.4. The van der Waals surface area contributed by atoms with Gasteiger partial charge in [0, 0.05) is 24.0 Å². The SMILES string of the molecule is Cc1nc(N(C)C)[nH]c(=O)c1S(=O)c1ccc(Cl)cc1. The molecule has 0 bridgehead atoms. The van der Waals surface area contributed by atoms with Crippen molar-refractivity contribution >= 4 is 28.3 Å². The van der Waals surface area contributed by atoms with Crippen molar-refractivity contribution in [2.24, 2.45) is 0 Å². The number of hydrogen-bond donors (Lipinski definition) is 1. The summed E-state index contributed by atoms with van der Waals surface area (Å²) in [5.74, 6) is 0.435. The minimum Gasteiger partial charge on any atom is -0.348 e. The first kappa shape index (κ1) is 14.7. The van der Waals surface area contributed by atoms with Crippen LogP contribution in [0, 0.1) is 6.92 Å². The molecule has 1 aromatic heterocycles. The predicted octanol–water partition coefficient (Wildman–Crippen LogP) is 1.96. The zero-order valence-corrected chi connectivity index (χ0v) is 12.9. The van der Waals surface area contributed by atoms with Crippen LogP contribution in [0.3, 0.4) is 0 Å². The molecule has 2 rings (SSSR count). The summed E-state index contributed by atoms with van der Waals surface area (Å²) in [7, 11) is 1.96. The van der Waals surface area contributed by atoms with Crippen LogP contribution in [0.4, 0.5) is 5.95 Å². The van der Waals surface area contributed by atoms with E-state index in [1.165, 1.54) is 0 Å². The van der Waals surface area contributed by atoms with Crippen LogP contribution in [-0.2, 0) is 10.8 Å². The fourth-order valence-corrected chi connectivity index (χ4v) is 2.94. The van der Waals surface area contributed by atoms with Crippen LogP contribution in [0.25, 0.3) is 0 Å². The summed E-state index contributed by atoms with van der Waals surface area (Å²) in [5.41, 5.74) is 0.0558. The van der Waals surface area contributed by atoms with Crippen LogP contribution in [0.15, 0.2) is 38.9 Å². The van der Waals surface area contributed by atoms with E-state index >= 15 is 0 Å². The number of nitrogens with one attached hydrogen (secondary N) is 1. The van der Waals surface area contributed by atoms with Gasteiger partial charge in [-0.2, -0.15) is 0 Å². The lowest BCUT2D eigenvalue weighted by Gasteiger charge is -2.12. The molecule has 0 aliphatic carbocycles. The van der Waals surface area contributed by atoms with Gasteiger partial charge in [-0.3, -0.25) is 9.78 Å². The van der Waals surface area contributed by atoms with Gasteiger partial charge in [0.15, 0.2) is 0 Å². The molecule has 2 aromatic rings. The average Bonchev–Trinajstić information content (AvgIpc) is 2.38. The third-order valence-corrected chi connectivity index (χ3v) is 4.47. The van der Waals surface area contributed by atoms with Crippen molar-refractivity contribution in [1.82, 2.24) is 9.97 Å². The second kappa shape index (κ2) is 5.76. The molecule has 106 valence electrons. The second-order valence-corrected chi connectivity index (χ2v) is 6.27. The zero-order chi connectivity index (χ0) is 14.9. The fraction of sp³-hybridized carbons (Fsp3) is 0.231. The lowest BCUT2D eigenvalue weighted by Crippen LogP contribution is -2.23. The van der Waals surface area contributed by atoms with Crippen molar-refractivity contribution < 1.29 is 4.21 Å².